The van der Waals surface area contributed by atoms with Gasteiger partial charge in [0, 0.05) is 18.8 Å². The van der Waals surface area contributed by atoms with Gasteiger partial charge in [-0.3, -0.25) is 9.78 Å². The molecule has 5 N–H and O–H groups in total. The van der Waals surface area contributed by atoms with E-state index in [1.54, 1.807) is 19.2 Å². The van der Waals surface area contributed by atoms with Crippen molar-refractivity contribution < 1.29 is 28.2 Å². The van der Waals surface area contributed by atoms with Crippen molar-refractivity contribution in [3.05, 3.63) is 77.0 Å². The van der Waals surface area contributed by atoms with E-state index < -0.39 is 46.3 Å². The number of hydrogen-bond acceptors (Lipinski definition) is 6. The number of nitrogens with zero attached hydrogens (tertiary/aromatic N) is 2. The fraction of sp³-hybridized carbons (Fsp3) is 0.370. The predicted octanol–water partition coefficient (Wildman–Crippen LogP) is 3.94. The third-order valence-electron chi connectivity index (χ3n) is 7.29. The molecule has 1 amide bonds. The highest BCUT2D eigenvalue weighted by atomic mass is 19.1. The van der Waals surface area contributed by atoms with Gasteiger partial charge in [0.25, 0.3) is 5.91 Å². The number of aliphatic hydroxyl groups excluding tert-OH is 1. The number of hydrogen-bond donors (Lipinski definition) is 4. The Morgan fingerprint density at radius 3 is 2.51 bits per heavy atom. The minimum atomic E-state index is -1.06. The van der Waals surface area contributed by atoms with Crippen LogP contribution in [0.1, 0.15) is 54.2 Å². The summed E-state index contributed by atoms with van der Waals surface area (Å²) in [5, 5.41) is 22.4. The van der Waals surface area contributed by atoms with E-state index in [1.165, 1.54) is 6.20 Å². The maximum absolute atomic E-state index is 14.7. The molecule has 1 aliphatic carbocycles. The number of carbonyl (C=O) groups excluding carboxylic acids is 1. The van der Waals surface area contributed by atoms with Gasteiger partial charge in [-0.05, 0) is 79.5 Å². The molecule has 4 rings (SSSR count). The van der Waals surface area contributed by atoms with Crippen LogP contribution in [-0.2, 0) is 6.42 Å². The van der Waals surface area contributed by atoms with Gasteiger partial charge >= 0.3 is 0 Å². The number of aliphatic hydroxyl groups is 2. The maximum atomic E-state index is 14.7. The highest BCUT2D eigenvalue weighted by Crippen LogP contribution is 2.42. The molecule has 1 aliphatic rings. The van der Waals surface area contributed by atoms with E-state index in [0.29, 0.717) is 18.5 Å². The van der Waals surface area contributed by atoms with E-state index in [9.17, 15) is 23.1 Å². The molecule has 4 atom stereocenters. The molecule has 1 saturated carbocycles. The molecule has 37 heavy (non-hydrogen) atoms. The van der Waals surface area contributed by atoms with Gasteiger partial charge in [-0.15, -0.1) is 0 Å². The SMILES string of the molecule is C[C@H]1C[C@@H](c2ccncc2NC(=O)c2ccc(F)c(-c3c(F)cc(CCO)cc3F)n2)C[C@@H](N)[C@]1(C)O. The molecule has 0 aliphatic heterocycles. The van der Waals surface area contributed by atoms with Crippen LogP contribution in [0.3, 0.4) is 0 Å². The lowest BCUT2D eigenvalue weighted by Gasteiger charge is -2.44. The van der Waals surface area contributed by atoms with Gasteiger partial charge in [-0.1, -0.05) is 6.92 Å². The van der Waals surface area contributed by atoms with Crippen LogP contribution < -0.4 is 11.1 Å². The van der Waals surface area contributed by atoms with Crippen LogP contribution in [0, 0.1) is 23.4 Å². The molecule has 0 bridgehead atoms. The largest absolute Gasteiger partial charge is 0.396 e. The number of aromatic nitrogens is 2. The van der Waals surface area contributed by atoms with Crippen molar-refractivity contribution in [2.45, 2.75) is 50.7 Å². The zero-order chi connectivity index (χ0) is 26.9. The third kappa shape index (κ3) is 5.36. The van der Waals surface area contributed by atoms with Crippen molar-refractivity contribution >= 4 is 11.6 Å². The number of nitrogens with two attached hydrogens (primary N) is 1. The first kappa shape index (κ1) is 26.7. The van der Waals surface area contributed by atoms with Crippen LogP contribution in [0.4, 0.5) is 18.9 Å². The summed E-state index contributed by atoms with van der Waals surface area (Å²) in [7, 11) is 0. The van der Waals surface area contributed by atoms with Crippen molar-refractivity contribution in [1.82, 2.24) is 9.97 Å². The average Bonchev–Trinajstić information content (AvgIpc) is 2.84. The number of nitrogens with one attached hydrogen (secondary N) is 1. The van der Waals surface area contributed by atoms with Crippen LogP contribution in [0.25, 0.3) is 11.3 Å². The Hall–Kier alpha value is -3.34. The molecule has 0 unspecified atom stereocenters. The smallest absolute Gasteiger partial charge is 0.274 e. The van der Waals surface area contributed by atoms with E-state index in [-0.39, 0.29) is 36.1 Å². The second-order valence-corrected chi connectivity index (χ2v) is 9.75. The summed E-state index contributed by atoms with van der Waals surface area (Å²) >= 11 is 0. The number of pyridine rings is 2. The molecular formula is C27H29F3N4O3. The topological polar surface area (TPSA) is 121 Å². The van der Waals surface area contributed by atoms with E-state index in [0.717, 1.165) is 29.8 Å². The molecular weight excluding hydrogens is 485 g/mol. The average molecular weight is 515 g/mol. The summed E-state index contributed by atoms with van der Waals surface area (Å²) in [4.78, 5) is 21.1. The van der Waals surface area contributed by atoms with Gasteiger partial charge in [0.15, 0.2) is 0 Å². The second kappa shape index (κ2) is 10.6. The second-order valence-electron chi connectivity index (χ2n) is 9.75. The number of benzene rings is 1. The Labute approximate surface area is 212 Å². The van der Waals surface area contributed by atoms with Gasteiger partial charge < -0.3 is 21.3 Å². The third-order valence-corrected chi connectivity index (χ3v) is 7.29. The summed E-state index contributed by atoms with van der Waals surface area (Å²) in [6.45, 7) is 3.34. The maximum Gasteiger partial charge on any atom is 0.274 e. The van der Waals surface area contributed by atoms with Gasteiger partial charge in [0.1, 0.15) is 28.8 Å². The van der Waals surface area contributed by atoms with Gasteiger partial charge in [-0.25, -0.2) is 18.2 Å². The molecule has 196 valence electrons. The summed E-state index contributed by atoms with van der Waals surface area (Å²) in [5.41, 5.74) is 5.02. The summed E-state index contributed by atoms with van der Waals surface area (Å²) in [6, 6.07) is 5.34. The van der Waals surface area contributed by atoms with E-state index in [2.05, 4.69) is 15.3 Å². The number of rotatable bonds is 6. The zero-order valence-electron chi connectivity index (χ0n) is 20.5. The monoisotopic (exact) mass is 514 g/mol. The quantitative estimate of drug-likeness (QED) is 0.395. The minimum Gasteiger partial charge on any atom is -0.396 e. The fourth-order valence-corrected chi connectivity index (χ4v) is 4.85. The zero-order valence-corrected chi connectivity index (χ0v) is 20.5. The van der Waals surface area contributed by atoms with Gasteiger partial charge in [0.2, 0.25) is 0 Å². The van der Waals surface area contributed by atoms with Crippen molar-refractivity contribution in [2.24, 2.45) is 11.7 Å². The minimum absolute atomic E-state index is 0.0299. The normalized spacial score (nSPS) is 23.6. The Bertz CT molecular complexity index is 1280. The van der Waals surface area contributed by atoms with E-state index in [1.807, 2.05) is 6.92 Å². The summed E-state index contributed by atoms with van der Waals surface area (Å²) in [5.74, 6) is -3.97. The van der Waals surface area contributed by atoms with Crippen LogP contribution >= 0.6 is 0 Å². The molecule has 10 heteroatoms. The molecule has 1 fully saturated rings. The first-order valence-corrected chi connectivity index (χ1v) is 12.0. The standard InChI is InChI=1S/C27H29F3N4O3/c1-14-9-16(12-23(31)27(14,2)37)17-5-7-32-13-22(17)34-26(36)21-4-3-18(28)25(33-21)24-19(29)10-15(6-8-35)11-20(24)30/h3-5,7,10-11,13-14,16,23,35,37H,6,8-9,12,31H2,1-2H3,(H,34,36)/t14-,16+,23+,27+/m0/s1. The van der Waals surface area contributed by atoms with Crippen LogP contribution in [0.2, 0.25) is 0 Å². The van der Waals surface area contributed by atoms with Crippen molar-refractivity contribution in [2.75, 3.05) is 11.9 Å². The Balaban J connectivity index is 1.63. The predicted molar refractivity (Wildman–Crippen MR) is 132 cm³/mol. The Kier molecular flexibility index (Phi) is 7.63. The number of anilines is 1. The lowest BCUT2D eigenvalue weighted by Crippen LogP contribution is -2.54. The van der Waals surface area contributed by atoms with Gasteiger partial charge in [-0.2, -0.15) is 0 Å². The van der Waals surface area contributed by atoms with Crippen molar-refractivity contribution in [1.29, 1.82) is 0 Å². The molecule has 0 saturated heterocycles. The first-order valence-electron chi connectivity index (χ1n) is 12.0. The molecule has 7 nitrogen and oxygen atoms in total. The van der Waals surface area contributed by atoms with Gasteiger partial charge in [0.05, 0.1) is 23.0 Å². The first-order chi connectivity index (χ1) is 17.5. The molecule has 1 aromatic carbocycles. The molecule has 0 spiro atoms. The lowest BCUT2D eigenvalue weighted by molar-refractivity contribution is -0.0463. The van der Waals surface area contributed by atoms with Crippen LogP contribution in [0.5, 0.6) is 0 Å². The molecule has 0 radical (unpaired) electrons. The number of carbonyl (C=O) groups is 1. The van der Waals surface area contributed by atoms with E-state index in [4.69, 9.17) is 10.8 Å². The fourth-order valence-electron chi connectivity index (χ4n) is 4.85. The Morgan fingerprint density at radius 2 is 1.86 bits per heavy atom. The number of halogens is 3. The lowest BCUT2D eigenvalue weighted by atomic mass is 9.68. The molecule has 3 aromatic rings. The van der Waals surface area contributed by atoms with Crippen LogP contribution in [0.15, 0.2) is 42.7 Å². The Morgan fingerprint density at radius 1 is 1.16 bits per heavy atom. The van der Waals surface area contributed by atoms with E-state index >= 15 is 0 Å². The summed E-state index contributed by atoms with van der Waals surface area (Å²) in [6.07, 6.45) is 4.22. The molecule has 2 heterocycles. The summed E-state index contributed by atoms with van der Waals surface area (Å²) < 4.78 is 44.0. The van der Waals surface area contributed by atoms with Crippen molar-refractivity contribution in [3.63, 3.8) is 0 Å². The van der Waals surface area contributed by atoms with Crippen molar-refractivity contribution in [3.8, 4) is 11.3 Å². The number of amides is 1. The highest BCUT2D eigenvalue weighted by Gasteiger charge is 2.42. The highest BCUT2D eigenvalue weighted by molar-refractivity contribution is 6.03. The van der Waals surface area contributed by atoms with Crippen LogP contribution in [-0.4, -0.2) is 44.3 Å². The molecule has 2 aromatic heterocycles.